The third-order valence-electron chi connectivity index (χ3n) is 1.63. The van der Waals surface area contributed by atoms with E-state index < -0.39 is 23.7 Å². The molecule has 0 rings (SSSR count). The van der Waals surface area contributed by atoms with E-state index >= 15 is 0 Å². The molecule has 1 atom stereocenters. The van der Waals surface area contributed by atoms with Gasteiger partial charge in [-0.1, -0.05) is 0 Å². The zero-order chi connectivity index (χ0) is 11.8. The zero-order valence-corrected chi connectivity index (χ0v) is 7.90. The van der Waals surface area contributed by atoms with Crippen LogP contribution in [0.2, 0.25) is 0 Å². The Morgan fingerprint density at radius 1 is 1.40 bits per heavy atom. The van der Waals surface area contributed by atoms with Gasteiger partial charge in [-0.25, -0.2) is 14.4 Å². The molecular formula is C8H12N2O5. The summed E-state index contributed by atoms with van der Waals surface area (Å²) in [5, 5.41) is 19.2. The number of carboxylic acids is 2. The lowest BCUT2D eigenvalue weighted by Crippen LogP contribution is -2.38. The Bertz CT molecular complexity index is 295. The van der Waals surface area contributed by atoms with Crippen molar-refractivity contribution in [1.29, 1.82) is 0 Å². The molecule has 0 aromatic heterocycles. The fourth-order valence-corrected chi connectivity index (χ4v) is 0.888. The second-order valence-corrected chi connectivity index (χ2v) is 2.75. The van der Waals surface area contributed by atoms with E-state index in [1.54, 1.807) is 0 Å². The topological polar surface area (TPSA) is 130 Å². The predicted octanol–water partition coefficient (Wildman–Crippen LogP) is -1.43. The summed E-state index contributed by atoms with van der Waals surface area (Å²) in [6.07, 6.45) is 0.556. The Morgan fingerprint density at radius 3 is 2.33 bits per heavy atom. The quantitative estimate of drug-likeness (QED) is 0.303. The summed E-state index contributed by atoms with van der Waals surface area (Å²) in [5.74, 6) is -1.65. The molecule has 0 heterocycles. The smallest absolute Gasteiger partial charge is 0.363 e. The van der Waals surface area contributed by atoms with Gasteiger partial charge in [-0.2, -0.15) is 0 Å². The molecule has 0 spiro atoms. The first-order chi connectivity index (χ1) is 7.02. The summed E-state index contributed by atoms with van der Waals surface area (Å²) < 4.78 is 0. The van der Waals surface area contributed by atoms with Gasteiger partial charge in [0, 0.05) is 0 Å². The van der Waals surface area contributed by atoms with E-state index in [0.717, 1.165) is 5.94 Å². The first-order valence-corrected chi connectivity index (χ1v) is 4.20. The van der Waals surface area contributed by atoms with Crippen LogP contribution < -0.4 is 11.1 Å². The maximum atomic E-state index is 10.6. The van der Waals surface area contributed by atoms with Crippen molar-refractivity contribution in [3.8, 4) is 0 Å². The van der Waals surface area contributed by atoms with Gasteiger partial charge in [0.2, 0.25) is 5.70 Å². The maximum Gasteiger partial charge on any atom is 0.363 e. The van der Waals surface area contributed by atoms with Crippen molar-refractivity contribution in [2.24, 2.45) is 5.73 Å². The third-order valence-corrected chi connectivity index (χ3v) is 1.63. The summed E-state index contributed by atoms with van der Waals surface area (Å²) in [7, 11) is 0. The van der Waals surface area contributed by atoms with E-state index in [1.165, 1.54) is 0 Å². The average Bonchev–Trinajstić information content (AvgIpc) is 2.17. The van der Waals surface area contributed by atoms with E-state index in [9.17, 15) is 14.4 Å². The lowest BCUT2D eigenvalue weighted by molar-refractivity contribution is -0.139. The molecule has 0 radical (unpaired) electrons. The minimum atomic E-state index is -1.54. The van der Waals surface area contributed by atoms with Crippen LogP contribution in [0.25, 0.3) is 0 Å². The van der Waals surface area contributed by atoms with Crippen LogP contribution in [0.4, 0.5) is 0 Å². The molecule has 15 heavy (non-hydrogen) atoms. The van der Waals surface area contributed by atoms with Gasteiger partial charge in [0.15, 0.2) is 5.94 Å². The first kappa shape index (κ1) is 13.2. The standard InChI is InChI=1S/C8H12N2O5/c9-3-1-2-5(7(12)13)10-6(4-11)8(14)15/h5,10H,1-3,9H2,(H,12,13)(H,14,15). The Hall–Kier alpha value is -1.85. The molecule has 0 bridgehead atoms. The Kier molecular flexibility index (Phi) is 5.77. The molecule has 0 aliphatic heterocycles. The van der Waals surface area contributed by atoms with Crippen molar-refractivity contribution in [2.45, 2.75) is 18.9 Å². The van der Waals surface area contributed by atoms with Gasteiger partial charge >= 0.3 is 11.9 Å². The largest absolute Gasteiger partial charge is 0.480 e. The fraction of sp³-hybridized carbons (Fsp3) is 0.500. The highest BCUT2D eigenvalue weighted by Gasteiger charge is 2.20. The number of nitrogens with two attached hydrogens (primary N) is 1. The van der Waals surface area contributed by atoms with Crippen molar-refractivity contribution in [1.82, 2.24) is 5.32 Å². The lowest BCUT2D eigenvalue weighted by atomic mass is 10.1. The van der Waals surface area contributed by atoms with Gasteiger partial charge in [-0.05, 0) is 19.4 Å². The predicted molar refractivity (Wildman–Crippen MR) is 49.7 cm³/mol. The van der Waals surface area contributed by atoms with Crippen molar-refractivity contribution in [2.75, 3.05) is 6.54 Å². The van der Waals surface area contributed by atoms with Crippen molar-refractivity contribution in [3.63, 3.8) is 0 Å². The highest BCUT2D eigenvalue weighted by Crippen LogP contribution is 1.99. The summed E-state index contributed by atoms with van der Waals surface area (Å²) in [6.45, 7) is 0.290. The molecular weight excluding hydrogens is 204 g/mol. The molecule has 0 amide bonds. The molecule has 0 aromatic rings. The van der Waals surface area contributed by atoms with E-state index in [1.807, 2.05) is 0 Å². The van der Waals surface area contributed by atoms with Crippen molar-refractivity contribution >= 4 is 17.9 Å². The molecule has 84 valence electrons. The molecule has 0 aliphatic carbocycles. The van der Waals surface area contributed by atoms with E-state index in [4.69, 9.17) is 15.9 Å². The minimum Gasteiger partial charge on any atom is -0.480 e. The number of carboxylic acid groups (broad SMARTS) is 2. The highest BCUT2D eigenvalue weighted by molar-refractivity contribution is 5.95. The van der Waals surface area contributed by atoms with Gasteiger partial charge < -0.3 is 21.3 Å². The number of carbonyl (C=O) groups is 2. The Morgan fingerprint density at radius 2 is 2.00 bits per heavy atom. The zero-order valence-electron chi connectivity index (χ0n) is 7.90. The number of nitrogens with one attached hydrogen (secondary N) is 1. The SMILES string of the molecule is NCCCC(NC(=C=O)C(=O)O)C(=O)O. The molecule has 0 saturated heterocycles. The van der Waals surface area contributed by atoms with Gasteiger partial charge in [0.25, 0.3) is 0 Å². The third kappa shape index (κ3) is 4.80. The Labute approximate surface area is 85.6 Å². The number of carbonyl (C=O) groups excluding carboxylic acids is 1. The first-order valence-electron chi connectivity index (χ1n) is 4.20. The highest BCUT2D eigenvalue weighted by atomic mass is 16.4. The second-order valence-electron chi connectivity index (χ2n) is 2.75. The van der Waals surface area contributed by atoms with Gasteiger partial charge in [0.1, 0.15) is 6.04 Å². The molecule has 0 saturated carbocycles. The van der Waals surface area contributed by atoms with Gasteiger partial charge in [0.05, 0.1) is 0 Å². The number of aliphatic carboxylic acids is 2. The number of hydrogen-bond donors (Lipinski definition) is 4. The van der Waals surface area contributed by atoms with Gasteiger partial charge in [-0.3, -0.25) is 0 Å². The van der Waals surface area contributed by atoms with Crippen LogP contribution in [-0.2, 0) is 14.4 Å². The molecule has 0 aromatic carbocycles. The van der Waals surface area contributed by atoms with E-state index in [0.29, 0.717) is 13.0 Å². The van der Waals surface area contributed by atoms with Crippen LogP contribution in [0, 0.1) is 0 Å². The average molecular weight is 216 g/mol. The van der Waals surface area contributed by atoms with Crippen LogP contribution >= 0.6 is 0 Å². The fourth-order valence-electron chi connectivity index (χ4n) is 0.888. The number of rotatable bonds is 7. The van der Waals surface area contributed by atoms with Crippen molar-refractivity contribution < 1.29 is 24.6 Å². The van der Waals surface area contributed by atoms with Crippen LogP contribution in [0.15, 0.2) is 5.70 Å². The molecule has 0 aliphatic rings. The van der Waals surface area contributed by atoms with Crippen molar-refractivity contribution in [3.05, 3.63) is 5.70 Å². The van der Waals surface area contributed by atoms with E-state index in [-0.39, 0.29) is 6.42 Å². The van der Waals surface area contributed by atoms with Crippen LogP contribution in [0.3, 0.4) is 0 Å². The second kappa shape index (κ2) is 6.58. The lowest BCUT2D eigenvalue weighted by Gasteiger charge is -2.13. The summed E-state index contributed by atoms with van der Waals surface area (Å²) in [4.78, 5) is 31.2. The molecule has 1 unspecified atom stereocenters. The maximum absolute atomic E-state index is 10.6. The summed E-state index contributed by atoms with van der Waals surface area (Å²) in [5.41, 5.74) is 4.39. The molecule has 0 fully saturated rings. The minimum absolute atomic E-state index is 0.143. The van der Waals surface area contributed by atoms with Crippen LogP contribution in [-0.4, -0.2) is 40.7 Å². The van der Waals surface area contributed by atoms with Crippen LogP contribution in [0.1, 0.15) is 12.8 Å². The van der Waals surface area contributed by atoms with E-state index in [2.05, 4.69) is 5.32 Å². The Balaban J connectivity index is 4.46. The van der Waals surface area contributed by atoms with Crippen LogP contribution in [0.5, 0.6) is 0 Å². The molecule has 5 N–H and O–H groups in total. The normalized spacial score (nSPS) is 11.3. The summed E-state index contributed by atoms with van der Waals surface area (Å²) >= 11 is 0. The molecule has 7 nitrogen and oxygen atoms in total. The number of hydrogen-bond acceptors (Lipinski definition) is 5. The molecule has 7 heteroatoms. The summed E-state index contributed by atoms with van der Waals surface area (Å²) in [6, 6.07) is -1.14. The monoisotopic (exact) mass is 216 g/mol. The van der Waals surface area contributed by atoms with Gasteiger partial charge in [-0.15, -0.1) is 0 Å².